The van der Waals surface area contributed by atoms with Crippen LogP contribution >= 0.6 is 0 Å². The van der Waals surface area contributed by atoms with Gasteiger partial charge in [-0.3, -0.25) is 4.79 Å². The standard InChI is InChI=1S/C18H20N2O4/c1-12(21)14-11-15(18(23)24-16(14)9-10-20(2)3)19-17(22)13-7-5-4-6-8-13/h4-12,21H,1-3H3,(H,19,22)/p+1/b10-9+/t12-/m1/s1. The first kappa shape index (κ1) is 17.7. The molecular weight excluding hydrogens is 308 g/mol. The summed E-state index contributed by atoms with van der Waals surface area (Å²) in [6.45, 7) is 1.57. The molecule has 0 unspecified atom stereocenters. The molecule has 6 nitrogen and oxygen atoms in total. The minimum absolute atomic E-state index is 0.00546. The fraction of sp³-hybridized carbons (Fsp3) is 0.222. The summed E-state index contributed by atoms with van der Waals surface area (Å²) in [5, 5.41) is 12.4. The lowest BCUT2D eigenvalue weighted by atomic mass is 10.1. The Labute approximate surface area is 140 Å². The fourth-order valence-electron chi connectivity index (χ4n) is 2.07. The second-order valence-corrected chi connectivity index (χ2v) is 5.67. The molecule has 1 heterocycles. The van der Waals surface area contributed by atoms with Gasteiger partial charge in [-0.1, -0.05) is 18.2 Å². The largest absolute Gasteiger partial charge is 0.421 e. The number of carbonyl (C=O) groups is 1. The monoisotopic (exact) mass is 329 g/mol. The fourth-order valence-corrected chi connectivity index (χ4v) is 2.07. The van der Waals surface area contributed by atoms with Crippen molar-refractivity contribution in [2.75, 3.05) is 19.4 Å². The number of quaternary nitrogens is 1. The third kappa shape index (κ3) is 4.41. The van der Waals surface area contributed by atoms with E-state index in [-0.39, 0.29) is 11.4 Å². The molecule has 0 fully saturated rings. The molecule has 0 saturated heterocycles. The molecule has 24 heavy (non-hydrogen) atoms. The number of benzene rings is 1. The number of aliphatic hydroxyl groups is 1. The zero-order valence-corrected chi connectivity index (χ0v) is 13.9. The van der Waals surface area contributed by atoms with Crippen molar-refractivity contribution >= 4 is 17.7 Å². The Bertz CT molecular complexity index is 792. The molecule has 1 amide bonds. The zero-order chi connectivity index (χ0) is 17.7. The summed E-state index contributed by atoms with van der Waals surface area (Å²) in [5.74, 6) is -0.144. The Morgan fingerprint density at radius 3 is 2.54 bits per heavy atom. The number of amides is 1. The van der Waals surface area contributed by atoms with Crippen LogP contribution in [0.5, 0.6) is 0 Å². The molecule has 1 aromatic heterocycles. The maximum absolute atomic E-state index is 12.2. The van der Waals surface area contributed by atoms with E-state index in [9.17, 15) is 14.7 Å². The van der Waals surface area contributed by atoms with Crippen molar-refractivity contribution in [2.24, 2.45) is 0 Å². The zero-order valence-electron chi connectivity index (χ0n) is 13.9. The first-order chi connectivity index (χ1) is 11.4. The molecule has 0 radical (unpaired) electrons. The maximum Gasteiger partial charge on any atom is 0.360 e. The number of hydrogen-bond acceptors (Lipinski definition) is 4. The van der Waals surface area contributed by atoms with E-state index in [2.05, 4.69) is 5.32 Å². The van der Waals surface area contributed by atoms with Gasteiger partial charge in [0.2, 0.25) is 0 Å². The van der Waals surface area contributed by atoms with Gasteiger partial charge >= 0.3 is 5.63 Å². The van der Waals surface area contributed by atoms with Crippen molar-refractivity contribution in [2.45, 2.75) is 13.0 Å². The van der Waals surface area contributed by atoms with Gasteiger partial charge in [-0.25, -0.2) is 4.79 Å². The van der Waals surface area contributed by atoms with Crippen molar-refractivity contribution in [3.8, 4) is 0 Å². The topological polar surface area (TPSA) is 84.0 Å². The van der Waals surface area contributed by atoms with Crippen LogP contribution in [0, 0.1) is 0 Å². The maximum atomic E-state index is 12.2. The molecule has 0 aliphatic heterocycles. The Balaban J connectivity index is 2.36. The first-order valence-electron chi connectivity index (χ1n) is 7.59. The van der Waals surface area contributed by atoms with Crippen LogP contribution in [-0.2, 0) is 0 Å². The van der Waals surface area contributed by atoms with Crippen LogP contribution in [0.15, 0.2) is 51.8 Å². The predicted molar refractivity (Wildman–Crippen MR) is 91.9 cm³/mol. The van der Waals surface area contributed by atoms with Crippen molar-refractivity contribution in [3.63, 3.8) is 0 Å². The van der Waals surface area contributed by atoms with Crippen molar-refractivity contribution in [1.29, 1.82) is 0 Å². The second-order valence-electron chi connectivity index (χ2n) is 5.67. The summed E-state index contributed by atoms with van der Waals surface area (Å²) < 4.78 is 5.26. The molecular formula is C18H21N2O4+. The average Bonchev–Trinajstić information content (AvgIpc) is 2.55. The SMILES string of the molecule is C[C@@H](O)c1cc(NC(=O)c2ccccc2)c(=O)oc1/C=C/[NH+](C)C. The van der Waals surface area contributed by atoms with Gasteiger partial charge in [0, 0.05) is 17.2 Å². The van der Waals surface area contributed by atoms with E-state index >= 15 is 0 Å². The Kier molecular flexibility index (Phi) is 5.68. The van der Waals surface area contributed by atoms with Crippen LogP contribution in [0.4, 0.5) is 5.69 Å². The summed E-state index contributed by atoms with van der Waals surface area (Å²) >= 11 is 0. The molecule has 3 N–H and O–H groups in total. The molecule has 2 aromatic rings. The van der Waals surface area contributed by atoms with E-state index < -0.39 is 17.6 Å². The number of rotatable bonds is 5. The van der Waals surface area contributed by atoms with Gasteiger partial charge < -0.3 is 19.7 Å². The lowest BCUT2D eigenvalue weighted by Crippen LogP contribution is -3.00. The van der Waals surface area contributed by atoms with Gasteiger partial charge in [-0.05, 0) is 25.1 Å². The molecule has 1 aromatic carbocycles. The lowest BCUT2D eigenvalue weighted by Gasteiger charge is -2.11. The number of hydrogen-bond donors (Lipinski definition) is 3. The van der Waals surface area contributed by atoms with Crippen molar-refractivity contribution in [1.82, 2.24) is 0 Å². The Morgan fingerprint density at radius 2 is 1.96 bits per heavy atom. The molecule has 2 rings (SSSR count). The van der Waals surface area contributed by atoms with E-state index in [1.807, 2.05) is 14.1 Å². The van der Waals surface area contributed by atoms with Crippen LogP contribution in [0.1, 0.15) is 34.7 Å². The summed E-state index contributed by atoms with van der Waals surface area (Å²) in [5.41, 5.74) is 0.178. The predicted octanol–water partition coefficient (Wildman–Crippen LogP) is 1.06. The van der Waals surface area contributed by atoms with Gasteiger partial charge in [0.05, 0.1) is 26.4 Å². The van der Waals surface area contributed by atoms with Crippen LogP contribution in [0.2, 0.25) is 0 Å². The summed E-state index contributed by atoms with van der Waals surface area (Å²) in [7, 11) is 3.82. The highest BCUT2D eigenvalue weighted by atomic mass is 16.4. The van der Waals surface area contributed by atoms with Gasteiger partial charge in [-0.15, -0.1) is 0 Å². The highest BCUT2D eigenvalue weighted by Crippen LogP contribution is 2.21. The molecule has 1 atom stereocenters. The van der Waals surface area contributed by atoms with Crippen LogP contribution in [0.3, 0.4) is 0 Å². The summed E-state index contributed by atoms with van der Waals surface area (Å²) in [4.78, 5) is 25.3. The minimum Gasteiger partial charge on any atom is -0.421 e. The molecule has 6 heteroatoms. The molecule has 0 aliphatic carbocycles. The van der Waals surface area contributed by atoms with Crippen LogP contribution < -0.4 is 15.8 Å². The summed E-state index contributed by atoms with van der Waals surface area (Å²) in [6.07, 6.45) is 2.56. The normalized spacial score (nSPS) is 12.5. The first-order valence-corrected chi connectivity index (χ1v) is 7.59. The number of nitrogens with one attached hydrogen (secondary N) is 2. The van der Waals surface area contributed by atoms with Gasteiger partial charge in [-0.2, -0.15) is 0 Å². The number of aliphatic hydroxyl groups excluding tert-OH is 1. The highest BCUT2D eigenvalue weighted by Gasteiger charge is 2.16. The van der Waals surface area contributed by atoms with Gasteiger partial charge in [0.15, 0.2) is 0 Å². The summed E-state index contributed by atoms with van der Waals surface area (Å²) in [6, 6.07) is 9.99. The third-order valence-corrected chi connectivity index (χ3v) is 3.31. The van der Waals surface area contributed by atoms with Crippen molar-refractivity contribution < 1.29 is 19.2 Å². The quantitative estimate of drug-likeness (QED) is 0.766. The van der Waals surface area contributed by atoms with E-state index in [0.29, 0.717) is 11.1 Å². The lowest BCUT2D eigenvalue weighted by molar-refractivity contribution is -0.800. The van der Waals surface area contributed by atoms with E-state index in [1.54, 1.807) is 49.5 Å². The van der Waals surface area contributed by atoms with Gasteiger partial charge in [0.1, 0.15) is 11.4 Å². The van der Waals surface area contributed by atoms with Crippen LogP contribution in [0.25, 0.3) is 6.08 Å². The molecule has 126 valence electrons. The molecule has 0 aliphatic rings. The third-order valence-electron chi connectivity index (χ3n) is 3.31. The highest BCUT2D eigenvalue weighted by molar-refractivity contribution is 6.04. The second kappa shape index (κ2) is 7.72. The molecule has 0 bridgehead atoms. The number of anilines is 1. The van der Waals surface area contributed by atoms with Gasteiger partial charge in [0.25, 0.3) is 5.91 Å². The minimum atomic E-state index is -0.849. The smallest absolute Gasteiger partial charge is 0.360 e. The van der Waals surface area contributed by atoms with E-state index in [1.165, 1.54) is 6.07 Å². The van der Waals surface area contributed by atoms with E-state index in [4.69, 9.17) is 4.42 Å². The molecule has 0 spiro atoms. The Hall–Kier alpha value is -2.70. The van der Waals surface area contributed by atoms with Crippen molar-refractivity contribution in [3.05, 3.63) is 69.9 Å². The average molecular weight is 329 g/mol. The Morgan fingerprint density at radius 1 is 1.29 bits per heavy atom. The van der Waals surface area contributed by atoms with Crippen LogP contribution in [-0.4, -0.2) is 25.1 Å². The number of carbonyl (C=O) groups excluding carboxylic acids is 1. The molecule has 0 saturated carbocycles. The van der Waals surface area contributed by atoms with E-state index in [0.717, 1.165) is 4.90 Å².